The van der Waals surface area contributed by atoms with Gasteiger partial charge < -0.3 is 10.6 Å². The van der Waals surface area contributed by atoms with Crippen molar-refractivity contribution in [2.24, 2.45) is 7.05 Å². The highest BCUT2D eigenvalue weighted by Gasteiger charge is 2.03. The molecule has 2 aromatic heterocycles. The van der Waals surface area contributed by atoms with E-state index in [1.807, 2.05) is 37.2 Å². The summed E-state index contributed by atoms with van der Waals surface area (Å²) in [5.74, 6) is 2.60. The van der Waals surface area contributed by atoms with E-state index in [0.717, 1.165) is 43.3 Å². The third kappa shape index (κ3) is 3.94. The fourth-order valence-electron chi connectivity index (χ4n) is 1.99. The fraction of sp³-hybridized carbons (Fsp3) is 0.500. The van der Waals surface area contributed by atoms with Crippen molar-refractivity contribution in [1.29, 1.82) is 0 Å². The van der Waals surface area contributed by atoms with Gasteiger partial charge in [-0.15, -0.1) is 0 Å². The number of nitrogens with zero attached hydrogens (tertiary/aromatic N) is 4. The number of rotatable bonds is 7. The largest absolute Gasteiger partial charge is 0.373 e. The number of aryl methyl sites for hydroxylation is 2. The van der Waals surface area contributed by atoms with Crippen LogP contribution < -0.4 is 10.6 Å². The number of aromatic nitrogens is 4. The summed E-state index contributed by atoms with van der Waals surface area (Å²) in [4.78, 5) is 8.96. The molecule has 0 aliphatic heterocycles. The van der Waals surface area contributed by atoms with E-state index in [9.17, 15) is 0 Å². The van der Waals surface area contributed by atoms with E-state index in [1.54, 1.807) is 0 Å². The van der Waals surface area contributed by atoms with Crippen LogP contribution in [0.25, 0.3) is 0 Å². The SMILES string of the molecule is CCCc1nc(NC)cc(NCCc2cnn(C)c2)n1. The van der Waals surface area contributed by atoms with E-state index in [2.05, 4.69) is 32.6 Å². The number of hydrogen-bond donors (Lipinski definition) is 2. The Morgan fingerprint density at radius 2 is 2.00 bits per heavy atom. The Morgan fingerprint density at radius 3 is 2.65 bits per heavy atom. The molecule has 0 unspecified atom stereocenters. The normalized spacial score (nSPS) is 10.6. The summed E-state index contributed by atoms with van der Waals surface area (Å²) in [6.45, 7) is 2.96. The molecule has 6 heteroatoms. The molecule has 108 valence electrons. The Labute approximate surface area is 119 Å². The smallest absolute Gasteiger partial charge is 0.133 e. The summed E-state index contributed by atoms with van der Waals surface area (Å²) in [7, 11) is 3.80. The minimum Gasteiger partial charge on any atom is -0.373 e. The summed E-state index contributed by atoms with van der Waals surface area (Å²) >= 11 is 0. The van der Waals surface area contributed by atoms with Gasteiger partial charge in [0, 0.05) is 39.3 Å². The van der Waals surface area contributed by atoms with E-state index >= 15 is 0 Å². The summed E-state index contributed by atoms with van der Waals surface area (Å²) in [5, 5.41) is 10.6. The highest BCUT2D eigenvalue weighted by atomic mass is 15.2. The molecule has 6 nitrogen and oxygen atoms in total. The molecule has 0 atom stereocenters. The molecule has 20 heavy (non-hydrogen) atoms. The number of nitrogens with one attached hydrogen (secondary N) is 2. The molecular formula is C14H22N6. The second kappa shape index (κ2) is 6.88. The maximum Gasteiger partial charge on any atom is 0.133 e. The van der Waals surface area contributed by atoms with Gasteiger partial charge in [-0.3, -0.25) is 4.68 Å². The summed E-state index contributed by atoms with van der Waals surface area (Å²) in [6.07, 6.45) is 6.79. The monoisotopic (exact) mass is 274 g/mol. The van der Waals surface area contributed by atoms with Crippen molar-refractivity contribution in [1.82, 2.24) is 19.7 Å². The maximum atomic E-state index is 4.52. The first-order valence-electron chi connectivity index (χ1n) is 6.98. The quantitative estimate of drug-likeness (QED) is 0.806. The highest BCUT2D eigenvalue weighted by molar-refractivity contribution is 5.47. The van der Waals surface area contributed by atoms with Crippen LogP contribution in [0.5, 0.6) is 0 Å². The Hall–Kier alpha value is -2.11. The van der Waals surface area contributed by atoms with Crippen molar-refractivity contribution in [2.75, 3.05) is 24.2 Å². The second-order valence-corrected chi connectivity index (χ2v) is 4.75. The number of anilines is 2. The molecule has 0 aromatic carbocycles. The molecular weight excluding hydrogens is 252 g/mol. The van der Waals surface area contributed by atoms with Crippen LogP contribution in [-0.4, -0.2) is 33.3 Å². The van der Waals surface area contributed by atoms with Crippen molar-refractivity contribution in [3.63, 3.8) is 0 Å². The van der Waals surface area contributed by atoms with Crippen molar-refractivity contribution in [3.05, 3.63) is 29.8 Å². The standard InChI is InChI=1S/C14H22N6/c1-4-5-12-18-13(15-2)8-14(19-12)16-7-6-11-9-17-20(3)10-11/h8-10H,4-7H2,1-3H3,(H2,15,16,18,19). The minimum absolute atomic E-state index is 0.831. The molecule has 0 saturated carbocycles. The fourth-order valence-corrected chi connectivity index (χ4v) is 1.99. The number of hydrogen-bond acceptors (Lipinski definition) is 5. The van der Waals surface area contributed by atoms with Crippen molar-refractivity contribution in [2.45, 2.75) is 26.2 Å². The first-order chi connectivity index (χ1) is 9.71. The summed E-state index contributed by atoms with van der Waals surface area (Å²) < 4.78 is 1.82. The minimum atomic E-state index is 0.831. The molecule has 0 saturated heterocycles. The zero-order valence-corrected chi connectivity index (χ0v) is 12.3. The Kier molecular flexibility index (Phi) is 4.92. The van der Waals surface area contributed by atoms with Gasteiger partial charge in [-0.2, -0.15) is 5.10 Å². The second-order valence-electron chi connectivity index (χ2n) is 4.75. The zero-order valence-electron chi connectivity index (χ0n) is 12.3. The van der Waals surface area contributed by atoms with Crippen LogP contribution in [0.4, 0.5) is 11.6 Å². The van der Waals surface area contributed by atoms with Gasteiger partial charge in [-0.1, -0.05) is 6.92 Å². The lowest BCUT2D eigenvalue weighted by molar-refractivity contribution is 0.766. The van der Waals surface area contributed by atoms with Crippen LogP contribution in [-0.2, 0) is 19.9 Å². The predicted octanol–water partition coefficient (Wildman–Crippen LogP) is 1.86. The van der Waals surface area contributed by atoms with Crippen LogP contribution in [0.15, 0.2) is 18.5 Å². The van der Waals surface area contributed by atoms with Crippen LogP contribution in [0.3, 0.4) is 0 Å². The topological polar surface area (TPSA) is 67.7 Å². The Bertz CT molecular complexity index is 548. The van der Waals surface area contributed by atoms with Gasteiger partial charge >= 0.3 is 0 Å². The first-order valence-corrected chi connectivity index (χ1v) is 6.98. The van der Waals surface area contributed by atoms with E-state index in [4.69, 9.17) is 0 Å². The zero-order chi connectivity index (χ0) is 14.4. The highest BCUT2D eigenvalue weighted by Crippen LogP contribution is 2.12. The maximum absolute atomic E-state index is 4.52. The molecule has 2 N–H and O–H groups in total. The van der Waals surface area contributed by atoms with E-state index in [-0.39, 0.29) is 0 Å². The van der Waals surface area contributed by atoms with Crippen LogP contribution in [0.1, 0.15) is 24.7 Å². The molecule has 0 bridgehead atoms. The first kappa shape index (κ1) is 14.3. The molecule has 0 aliphatic carbocycles. The average Bonchev–Trinajstić information content (AvgIpc) is 2.84. The molecule has 2 heterocycles. The molecule has 0 fully saturated rings. The molecule has 0 aliphatic rings. The molecule has 0 amide bonds. The van der Waals surface area contributed by atoms with E-state index < -0.39 is 0 Å². The van der Waals surface area contributed by atoms with Gasteiger partial charge in [0.2, 0.25) is 0 Å². The van der Waals surface area contributed by atoms with Gasteiger partial charge in [0.1, 0.15) is 17.5 Å². The van der Waals surface area contributed by atoms with Crippen molar-refractivity contribution >= 4 is 11.6 Å². The van der Waals surface area contributed by atoms with Gasteiger partial charge in [-0.05, 0) is 18.4 Å². The lowest BCUT2D eigenvalue weighted by atomic mass is 10.2. The average molecular weight is 274 g/mol. The Balaban J connectivity index is 1.95. The summed E-state index contributed by atoms with van der Waals surface area (Å²) in [5.41, 5.74) is 1.22. The van der Waals surface area contributed by atoms with E-state index in [0.29, 0.717) is 0 Å². The predicted molar refractivity (Wildman–Crippen MR) is 81.0 cm³/mol. The van der Waals surface area contributed by atoms with Crippen molar-refractivity contribution in [3.8, 4) is 0 Å². The van der Waals surface area contributed by atoms with Crippen LogP contribution in [0.2, 0.25) is 0 Å². The molecule has 0 radical (unpaired) electrons. The van der Waals surface area contributed by atoms with Gasteiger partial charge in [0.05, 0.1) is 6.20 Å². The van der Waals surface area contributed by atoms with Gasteiger partial charge in [0.15, 0.2) is 0 Å². The van der Waals surface area contributed by atoms with Crippen LogP contribution >= 0.6 is 0 Å². The third-order valence-corrected chi connectivity index (χ3v) is 2.98. The van der Waals surface area contributed by atoms with Crippen LogP contribution in [0, 0.1) is 0 Å². The lowest BCUT2D eigenvalue weighted by Crippen LogP contribution is -2.09. The Morgan fingerprint density at radius 1 is 1.20 bits per heavy atom. The van der Waals surface area contributed by atoms with E-state index in [1.165, 1.54) is 5.56 Å². The molecule has 0 spiro atoms. The van der Waals surface area contributed by atoms with Crippen molar-refractivity contribution < 1.29 is 0 Å². The van der Waals surface area contributed by atoms with Gasteiger partial charge in [-0.25, -0.2) is 9.97 Å². The molecule has 2 rings (SSSR count). The summed E-state index contributed by atoms with van der Waals surface area (Å²) in [6, 6.07) is 1.93. The third-order valence-electron chi connectivity index (χ3n) is 2.98. The van der Waals surface area contributed by atoms with Gasteiger partial charge in [0.25, 0.3) is 0 Å². The molecule has 2 aromatic rings. The lowest BCUT2D eigenvalue weighted by Gasteiger charge is -2.09.